The Morgan fingerprint density at radius 1 is 1.21 bits per heavy atom. The number of carbonyl (C=O) groups is 1. The fourth-order valence-electron chi connectivity index (χ4n) is 2.29. The van der Waals surface area contributed by atoms with Crippen LogP contribution in [0.5, 0.6) is 11.5 Å². The quantitative estimate of drug-likeness (QED) is 0.825. The zero-order chi connectivity index (χ0) is 13.1. The standard InChI is InChI=1S/C14H17NO4/c16-12(8-11-9-15-3-4-17-11)10-1-2-13-14(7-10)19-6-5-18-13/h1-2,7,11,15H,3-6,8-9H2. The van der Waals surface area contributed by atoms with Crippen molar-refractivity contribution < 1.29 is 19.0 Å². The molecular weight excluding hydrogens is 246 g/mol. The van der Waals surface area contributed by atoms with Crippen molar-refractivity contribution in [1.82, 2.24) is 5.32 Å². The smallest absolute Gasteiger partial charge is 0.165 e. The molecule has 2 aliphatic heterocycles. The molecule has 1 fully saturated rings. The molecule has 5 heteroatoms. The van der Waals surface area contributed by atoms with Crippen molar-refractivity contribution in [2.75, 3.05) is 32.9 Å². The molecule has 0 aromatic heterocycles. The molecule has 19 heavy (non-hydrogen) atoms. The molecule has 1 aromatic rings. The third-order valence-electron chi connectivity index (χ3n) is 3.28. The zero-order valence-corrected chi connectivity index (χ0v) is 10.7. The molecule has 102 valence electrons. The molecule has 5 nitrogen and oxygen atoms in total. The molecule has 2 aliphatic rings. The summed E-state index contributed by atoms with van der Waals surface area (Å²) >= 11 is 0. The van der Waals surface area contributed by atoms with Gasteiger partial charge in [-0.15, -0.1) is 0 Å². The Hall–Kier alpha value is -1.59. The molecule has 0 bridgehead atoms. The van der Waals surface area contributed by atoms with Gasteiger partial charge >= 0.3 is 0 Å². The van der Waals surface area contributed by atoms with Crippen LogP contribution in [0.4, 0.5) is 0 Å². The van der Waals surface area contributed by atoms with Crippen LogP contribution in [0.2, 0.25) is 0 Å². The molecule has 2 heterocycles. The number of hydrogen-bond donors (Lipinski definition) is 1. The minimum Gasteiger partial charge on any atom is -0.486 e. The predicted octanol–water partition coefficient (Wildman–Crippen LogP) is 1.02. The number of fused-ring (bicyclic) bond motifs is 1. The molecule has 3 rings (SSSR count). The molecule has 1 unspecified atom stereocenters. The summed E-state index contributed by atoms with van der Waals surface area (Å²) in [7, 11) is 0. The van der Waals surface area contributed by atoms with Gasteiger partial charge in [0.1, 0.15) is 13.2 Å². The average molecular weight is 263 g/mol. The number of nitrogens with one attached hydrogen (secondary N) is 1. The molecule has 1 aromatic carbocycles. The highest BCUT2D eigenvalue weighted by molar-refractivity contribution is 5.97. The largest absolute Gasteiger partial charge is 0.486 e. The molecular formula is C14H17NO4. The Bertz CT molecular complexity index is 469. The van der Waals surface area contributed by atoms with Gasteiger partial charge in [-0.3, -0.25) is 4.79 Å². The maximum atomic E-state index is 12.2. The van der Waals surface area contributed by atoms with Gasteiger partial charge in [0, 0.05) is 25.1 Å². The van der Waals surface area contributed by atoms with Gasteiger partial charge in [0.2, 0.25) is 0 Å². The van der Waals surface area contributed by atoms with E-state index in [1.165, 1.54) is 0 Å². The van der Waals surface area contributed by atoms with Gasteiger partial charge in [0.05, 0.1) is 12.7 Å². The Morgan fingerprint density at radius 3 is 2.84 bits per heavy atom. The summed E-state index contributed by atoms with van der Waals surface area (Å²) in [5.41, 5.74) is 0.651. The van der Waals surface area contributed by atoms with Crippen LogP contribution < -0.4 is 14.8 Å². The first-order valence-electron chi connectivity index (χ1n) is 6.58. The number of morpholine rings is 1. The number of ether oxygens (including phenoxy) is 3. The summed E-state index contributed by atoms with van der Waals surface area (Å²) in [6.07, 6.45) is 0.363. The highest BCUT2D eigenvalue weighted by atomic mass is 16.6. The van der Waals surface area contributed by atoms with Gasteiger partial charge in [-0.1, -0.05) is 0 Å². The third kappa shape index (κ3) is 2.88. The second-order valence-electron chi connectivity index (χ2n) is 4.68. The maximum Gasteiger partial charge on any atom is 0.165 e. The van der Waals surface area contributed by atoms with Gasteiger partial charge in [-0.25, -0.2) is 0 Å². The number of rotatable bonds is 3. The predicted molar refractivity (Wildman–Crippen MR) is 69.0 cm³/mol. The number of benzene rings is 1. The first-order chi connectivity index (χ1) is 9.33. The summed E-state index contributed by atoms with van der Waals surface area (Å²) in [6.45, 7) is 3.34. The maximum absolute atomic E-state index is 12.2. The van der Waals surface area contributed by atoms with Crippen molar-refractivity contribution in [3.63, 3.8) is 0 Å². The summed E-state index contributed by atoms with van der Waals surface area (Å²) < 4.78 is 16.5. The van der Waals surface area contributed by atoms with E-state index >= 15 is 0 Å². The van der Waals surface area contributed by atoms with E-state index in [0.29, 0.717) is 43.3 Å². The first kappa shape index (κ1) is 12.4. The zero-order valence-electron chi connectivity index (χ0n) is 10.7. The third-order valence-corrected chi connectivity index (χ3v) is 3.28. The molecule has 1 atom stereocenters. The second kappa shape index (κ2) is 5.59. The minimum atomic E-state index is -0.0329. The van der Waals surface area contributed by atoms with Crippen LogP contribution in [-0.4, -0.2) is 44.8 Å². The normalized spacial score (nSPS) is 22.0. The number of hydrogen-bond acceptors (Lipinski definition) is 5. The average Bonchev–Trinajstić information content (AvgIpc) is 2.48. The molecule has 0 aliphatic carbocycles. The number of Topliss-reactive ketones (excluding diaryl/α,β-unsaturated/α-hetero) is 1. The van der Waals surface area contributed by atoms with Gasteiger partial charge in [0.15, 0.2) is 17.3 Å². The SMILES string of the molecule is O=C(CC1CNCCO1)c1ccc2c(c1)OCCO2. The summed E-state index contributed by atoms with van der Waals surface area (Å²) in [4.78, 5) is 12.2. The van der Waals surface area contributed by atoms with Crippen molar-refractivity contribution in [2.24, 2.45) is 0 Å². The molecule has 0 saturated carbocycles. The Kier molecular flexibility index (Phi) is 3.66. The lowest BCUT2D eigenvalue weighted by Gasteiger charge is -2.23. The minimum absolute atomic E-state index is 0.0329. The van der Waals surface area contributed by atoms with Gasteiger partial charge in [-0.05, 0) is 18.2 Å². The van der Waals surface area contributed by atoms with Crippen LogP contribution in [0, 0.1) is 0 Å². The van der Waals surface area contributed by atoms with E-state index in [9.17, 15) is 4.79 Å². The fraction of sp³-hybridized carbons (Fsp3) is 0.500. The topological polar surface area (TPSA) is 56.8 Å². The van der Waals surface area contributed by atoms with E-state index in [2.05, 4.69) is 5.32 Å². The Labute approximate surface area is 111 Å². The summed E-state index contributed by atoms with van der Waals surface area (Å²) in [6, 6.07) is 5.33. The van der Waals surface area contributed by atoms with Crippen molar-refractivity contribution in [3.8, 4) is 11.5 Å². The lowest BCUT2D eigenvalue weighted by Crippen LogP contribution is -2.39. The summed E-state index contributed by atoms with van der Waals surface area (Å²) in [5, 5.41) is 3.22. The van der Waals surface area contributed by atoms with Crippen molar-refractivity contribution >= 4 is 5.78 Å². The monoisotopic (exact) mass is 263 g/mol. The lowest BCUT2D eigenvalue weighted by molar-refractivity contribution is 0.0240. The van der Waals surface area contributed by atoms with E-state index < -0.39 is 0 Å². The second-order valence-corrected chi connectivity index (χ2v) is 4.68. The fourth-order valence-corrected chi connectivity index (χ4v) is 2.29. The van der Waals surface area contributed by atoms with Crippen LogP contribution in [0.3, 0.4) is 0 Å². The highest BCUT2D eigenvalue weighted by Gasteiger charge is 2.20. The Morgan fingerprint density at radius 2 is 2.05 bits per heavy atom. The molecule has 0 radical (unpaired) electrons. The van der Waals surface area contributed by atoms with E-state index in [1.54, 1.807) is 18.2 Å². The number of carbonyl (C=O) groups excluding carboxylic acids is 1. The van der Waals surface area contributed by atoms with Crippen LogP contribution in [0.1, 0.15) is 16.8 Å². The Balaban J connectivity index is 1.69. The first-order valence-corrected chi connectivity index (χ1v) is 6.58. The number of ketones is 1. The van der Waals surface area contributed by atoms with Crippen LogP contribution in [0.25, 0.3) is 0 Å². The van der Waals surface area contributed by atoms with Crippen molar-refractivity contribution in [3.05, 3.63) is 23.8 Å². The van der Waals surface area contributed by atoms with Crippen molar-refractivity contribution in [1.29, 1.82) is 0 Å². The van der Waals surface area contributed by atoms with Crippen LogP contribution >= 0.6 is 0 Å². The molecule has 0 spiro atoms. The van der Waals surface area contributed by atoms with Crippen molar-refractivity contribution in [2.45, 2.75) is 12.5 Å². The van der Waals surface area contributed by atoms with Gasteiger partial charge in [0.25, 0.3) is 0 Å². The summed E-state index contributed by atoms with van der Waals surface area (Å²) in [5.74, 6) is 1.43. The van der Waals surface area contributed by atoms with E-state index in [1.807, 2.05) is 0 Å². The van der Waals surface area contributed by atoms with Gasteiger partial charge in [-0.2, -0.15) is 0 Å². The van der Waals surface area contributed by atoms with Crippen LogP contribution in [0.15, 0.2) is 18.2 Å². The molecule has 1 saturated heterocycles. The molecule has 1 N–H and O–H groups in total. The van der Waals surface area contributed by atoms with E-state index in [4.69, 9.17) is 14.2 Å². The highest BCUT2D eigenvalue weighted by Crippen LogP contribution is 2.31. The van der Waals surface area contributed by atoms with E-state index in [-0.39, 0.29) is 11.9 Å². The lowest BCUT2D eigenvalue weighted by atomic mass is 10.0. The molecule has 0 amide bonds. The van der Waals surface area contributed by atoms with E-state index in [0.717, 1.165) is 13.1 Å². The van der Waals surface area contributed by atoms with Crippen LogP contribution in [-0.2, 0) is 4.74 Å². The van der Waals surface area contributed by atoms with Gasteiger partial charge < -0.3 is 19.5 Å².